The molecule has 2 atom stereocenters. The lowest BCUT2D eigenvalue weighted by atomic mass is 10.0. The highest BCUT2D eigenvalue weighted by atomic mass is 35.5. The van der Waals surface area contributed by atoms with Crippen molar-refractivity contribution in [1.82, 2.24) is 29.8 Å². The molecule has 2 amide bonds. The molecule has 186 valence electrons. The number of hydrogen-bond donors (Lipinski definition) is 2. The van der Waals surface area contributed by atoms with E-state index in [4.69, 9.17) is 11.8 Å². The average Bonchev–Trinajstić information content (AvgIpc) is 3.20. The molecule has 0 radical (unpaired) electrons. The van der Waals surface area contributed by atoms with Crippen LogP contribution in [0.15, 0.2) is 12.1 Å². The molecule has 1 aliphatic heterocycles. The van der Waals surface area contributed by atoms with E-state index in [9.17, 15) is 35.9 Å². The van der Waals surface area contributed by atoms with Crippen molar-refractivity contribution in [3.8, 4) is 0 Å². The average molecular weight is 513 g/mol. The van der Waals surface area contributed by atoms with Gasteiger partial charge in [-0.25, -0.2) is 18.0 Å². The molecule has 1 aliphatic rings. The van der Waals surface area contributed by atoms with Gasteiger partial charge in [0, 0.05) is 31.6 Å². The predicted octanol–water partition coefficient (Wildman–Crippen LogP) is 2.31. The van der Waals surface area contributed by atoms with Gasteiger partial charge in [0.2, 0.25) is 17.6 Å². The van der Waals surface area contributed by atoms with Gasteiger partial charge in [-0.1, -0.05) is 0 Å². The fraction of sp³-hybridized carbons (Fsp3) is 0.474. The first-order valence-electron chi connectivity index (χ1n) is 9.97. The van der Waals surface area contributed by atoms with E-state index in [-0.39, 0.29) is 37.4 Å². The van der Waals surface area contributed by atoms with Gasteiger partial charge in [-0.3, -0.25) is 9.59 Å². The van der Waals surface area contributed by atoms with Crippen LogP contribution in [0.1, 0.15) is 30.6 Å². The number of alkyl halides is 3. The van der Waals surface area contributed by atoms with Gasteiger partial charge < -0.3 is 14.8 Å². The third-order valence-electron chi connectivity index (χ3n) is 5.24. The summed E-state index contributed by atoms with van der Waals surface area (Å²) in [7, 11) is 0. The molecule has 1 aromatic carbocycles. The molecular weight excluding hydrogens is 494 g/mol. The fourth-order valence-corrected chi connectivity index (χ4v) is 3.55. The molecule has 0 saturated carbocycles. The quantitative estimate of drug-likeness (QED) is 0.337. The van der Waals surface area contributed by atoms with Crippen LogP contribution >= 0.6 is 11.8 Å². The number of hydrogen-bond acceptors (Lipinski definition) is 5. The lowest BCUT2D eigenvalue weighted by Gasteiger charge is -2.30. The van der Waals surface area contributed by atoms with Crippen LogP contribution in [0.2, 0.25) is 0 Å². The van der Waals surface area contributed by atoms with Crippen molar-refractivity contribution in [2.45, 2.75) is 51.1 Å². The van der Waals surface area contributed by atoms with E-state index in [0.717, 1.165) is 4.57 Å². The molecule has 1 aromatic heterocycles. The van der Waals surface area contributed by atoms with Crippen LogP contribution in [-0.2, 0) is 35.3 Å². The normalized spacial score (nSPS) is 15.6. The zero-order valence-electron chi connectivity index (χ0n) is 17.6. The Morgan fingerprint density at radius 3 is 2.44 bits per heavy atom. The van der Waals surface area contributed by atoms with Crippen LogP contribution in [0.5, 0.6) is 0 Å². The molecule has 8 nitrogen and oxygen atoms in total. The van der Waals surface area contributed by atoms with Gasteiger partial charge >= 0.3 is 6.18 Å². The van der Waals surface area contributed by atoms with Crippen molar-refractivity contribution >= 4 is 23.6 Å². The van der Waals surface area contributed by atoms with Crippen LogP contribution in [0, 0.1) is 17.5 Å². The van der Waals surface area contributed by atoms with Crippen LogP contribution in [0.4, 0.5) is 26.3 Å². The Kier molecular flexibility index (Phi) is 7.70. The lowest BCUT2D eigenvalue weighted by Crippen LogP contribution is -2.48. The molecule has 2 N–H and O–H groups in total. The summed E-state index contributed by atoms with van der Waals surface area (Å²) in [6.45, 7) is 0.856. The highest BCUT2D eigenvalue weighted by Gasteiger charge is 2.40. The number of carbonyl (C=O) groups excluding carboxylic acids is 2. The number of fused-ring (bicyclic) bond motifs is 1. The standard InChI is InChI=1S/C19H19ClF6N6O2/c1-9(28-20)17(34)27-11(4-10-5-13(22)14(23)7-12(10)21)6-16(33)31-2-3-32-15(8-31)29-30-18(32)19(24,25)26/h5,7,9,11,28H,2-4,6,8H2,1H3,(H,27,34). The second-order valence-corrected chi connectivity index (χ2v) is 7.93. The highest BCUT2D eigenvalue weighted by molar-refractivity contribution is 6.15. The summed E-state index contributed by atoms with van der Waals surface area (Å²) in [5.74, 6) is -6.24. The van der Waals surface area contributed by atoms with Crippen molar-refractivity contribution in [1.29, 1.82) is 0 Å². The third-order valence-corrected chi connectivity index (χ3v) is 5.57. The number of carbonyl (C=O) groups is 2. The number of halogens is 7. The van der Waals surface area contributed by atoms with E-state index >= 15 is 0 Å². The van der Waals surface area contributed by atoms with Gasteiger partial charge in [0.25, 0.3) is 0 Å². The molecule has 2 unspecified atom stereocenters. The van der Waals surface area contributed by atoms with Gasteiger partial charge in [-0.15, -0.1) is 10.2 Å². The van der Waals surface area contributed by atoms with Gasteiger partial charge in [0.15, 0.2) is 17.5 Å². The van der Waals surface area contributed by atoms with E-state index in [0.29, 0.717) is 12.1 Å². The van der Waals surface area contributed by atoms with E-state index in [1.165, 1.54) is 11.8 Å². The second-order valence-electron chi connectivity index (χ2n) is 7.71. The molecule has 3 rings (SSSR count). The molecule has 0 bridgehead atoms. The van der Waals surface area contributed by atoms with Crippen molar-refractivity contribution in [2.75, 3.05) is 6.54 Å². The van der Waals surface area contributed by atoms with Crippen LogP contribution in [-0.4, -0.2) is 50.1 Å². The molecule has 0 spiro atoms. The number of rotatable bonds is 7. The van der Waals surface area contributed by atoms with Gasteiger partial charge in [-0.05, 0) is 36.8 Å². The molecule has 0 saturated heterocycles. The van der Waals surface area contributed by atoms with Crippen LogP contribution in [0.25, 0.3) is 0 Å². The smallest absolute Gasteiger partial charge is 0.351 e. The number of nitrogens with zero attached hydrogens (tertiary/aromatic N) is 4. The summed E-state index contributed by atoms with van der Waals surface area (Å²) in [4.78, 5) is 28.5. The lowest BCUT2D eigenvalue weighted by molar-refractivity contribution is -0.148. The molecule has 0 fully saturated rings. The van der Waals surface area contributed by atoms with E-state index in [2.05, 4.69) is 20.3 Å². The highest BCUT2D eigenvalue weighted by Crippen LogP contribution is 2.29. The first-order chi connectivity index (χ1) is 15.9. The minimum absolute atomic E-state index is 0.0703. The van der Waals surface area contributed by atoms with Gasteiger partial charge in [-0.2, -0.15) is 13.2 Å². The Morgan fingerprint density at radius 1 is 1.12 bits per heavy atom. The maximum absolute atomic E-state index is 14.2. The van der Waals surface area contributed by atoms with E-state index in [1.807, 2.05) is 0 Å². The van der Waals surface area contributed by atoms with Gasteiger partial charge in [0.05, 0.1) is 12.6 Å². The minimum Gasteiger partial charge on any atom is -0.351 e. The summed E-state index contributed by atoms with van der Waals surface area (Å²) >= 11 is 5.43. The fourth-order valence-electron chi connectivity index (χ4n) is 3.46. The van der Waals surface area contributed by atoms with Crippen molar-refractivity contribution < 1.29 is 35.9 Å². The summed E-state index contributed by atoms with van der Waals surface area (Å²) in [6, 6.07) is -0.982. The summed E-state index contributed by atoms with van der Waals surface area (Å²) in [6.07, 6.45) is -5.47. The Morgan fingerprint density at radius 2 is 1.79 bits per heavy atom. The SMILES string of the molecule is CC(NCl)C(=O)NC(CC(=O)N1CCn2c(nnc2C(F)(F)F)C1)Cc1cc(F)c(F)cc1F. The molecule has 34 heavy (non-hydrogen) atoms. The van der Waals surface area contributed by atoms with Crippen molar-refractivity contribution in [3.63, 3.8) is 0 Å². The summed E-state index contributed by atoms with van der Waals surface area (Å²) in [5, 5.41) is 9.13. The number of nitrogens with one attached hydrogen (secondary N) is 2. The zero-order chi connectivity index (χ0) is 25.2. The molecule has 0 aliphatic carbocycles. The van der Waals surface area contributed by atoms with Crippen LogP contribution < -0.4 is 10.2 Å². The van der Waals surface area contributed by atoms with E-state index in [1.54, 1.807) is 0 Å². The number of aromatic nitrogens is 3. The Balaban J connectivity index is 1.76. The minimum atomic E-state index is -4.70. The Hall–Kier alpha value is -2.87. The maximum atomic E-state index is 14.2. The second kappa shape index (κ2) is 10.2. The Bertz CT molecular complexity index is 1080. The van der Waals surface area contributed by atoms with Gasteiger partial charge in [0.1, 0.15) is 5.82 Å². The third kappa shape index (κ3) is 5.78. The number of amides is 2. The number of benzene rings is 1. The topological polar surface area (TPSA) is 92.2 Å². The molecule has 15 heteroatoms. The molecular formula is C19H19ClF6N6O2. The molecule has 2 heterocycles. The first-order valence-corrected chi connectivity index (χ1v) is 10.4. The predicted molar refractivity (Wildman–Crippen MR) is 105 cm³/mol. The Labute approximate surface area is 194 Å². The maximum Gasteiger partial charge on any atom is 0.451 e. The summed E-state index contributed by atoms with van der Waals surface area (Å²) in [5.41, 5.74) is -0.281. The van der Waals surface area contributed by atoms with Crippen molar-refractivity contribution in [3.05, 3.63) is 46.8 Å². The monoisotopic (exact) mass is 512 g/mol. The zero-order valence-corrected chi connectivity index (χ0v) is 18.4. The van der Waals surface area contributed by atoms with Crippen LogP contribution in [0.3, 0.4) is 0 Å². The largest absolute Gasteiger partial charge is 0.451 e. The van der Waals surface area contributed by atoms with Crippen molar-refractivity contribution in [2.24, 2.45) is 0 Å². The van der Waals surface area contributed by atoms with E-state index < -0.39 is 59.8 Å². The summed E-state index contributed by atoms with van der Waals surface area (Å²) < 4.78 is 80.9. The first kappa shape index (κ1) is 25.7. The molecule has 2 aromatic rings.